The van der Waals surface area contributed by atoms with E-state index >= 15 is 0 Å². The number of anilines is 2. The summed E-state index contributed by atoms with van der Waals surface area (Å²) in [5, 5.41) is 1.11. The molecule has 0 saturated carbocycles. The molecule has 0 aliphatic carbocycles. The highest BCUT2D eigenvalue weighted by Crippen LogP contribution is 2.41. The van der Waals surface area contributed by atoms with E-state index in [1.165, 1.54) is 5.56 Å². The number of fused-ring (bicyclic) bond motifs is 3. The van der Waals surface area contributed by atoms with Gasteiger partial charge in [-0.2, -0.15) is 0 Å². The van der Waals surface area contributed by atoms with Crippen LogP contribution in [0.25, 0.3) is 11.0 Å². The summed E-state index contributed by atoms with van der Waals surface area (Å²) < 4.78 is 2.20. The Morgan fingerprint density at radius 3 is 2.61 bits per heavy atom. The number of carbonyl (C=O) groups is 1. The Bertz CT molecular complexity index is 1070. The first-order chi connectivity index (χ1) is 13.5. The van der Waals surface area contributed by atoms with Crippen LogP contribution in [-0.4, -0.2) is 22.0 Å². The Labute approximate surface area is 174 Å². The van der Waals surface area contributed by atoms with Crippen LogP contribution in [0, 0.1) is 0 Å². The maximum Gasteiger partial charge on any atom is 0.250 e. The van der Waals surface area contributed by atoms with Gasteiger partial charge in [-0.05, 0) is 48.6 Å². The van der Waals surface area contributed by atoms with Crippen LogP contribution in [0.3, 0.4) is 0 Å². The van der Waals surface area contributed by atoms with E-state index in [-0.39, 0.29) is 0 Å². The summed E-state index contributed by atoms with van der Waals surface area (Å²) in [7, 11) is 0. The van der Waals surface area contributed by atoms with E-state index in [1.54, 1.807) is 12.1 Å². The number of nitrogens with zero attached hydrogens (tertiary/aromatic N) is 3. The summed E-state index contributed by atoms with van der Waals surface area (Å²) >= 11 is 12.6. The van der Waals surface area contributed by atoms with Crippen LogP contribution >= 0.6 is 23.2 Å². The third kappa shape index (κ3) is 2.93. The molecule has 28 heavy (non-hydrogen) atoms. The van der Waals surface area contributed by atoms with E-state index in [1.807, 2.05) is 17.0 Å². The largest absolute Gasteiger partial charge is 0.366 e. The van der Waals surface area contributed by atoms with Gasteiger partial charge in [-0.25, -0.2) is 4.98 Å². The van der Waals surface area contributed by atoms with Crippen molar-refractivity contribution in [2.75, 3.05) is 11.4 Å². The highest BCUT2D eigenvalue weighted by Gasteiger charge is 2.30. The monoisotopic (exact) mass is 416 g/mol. The number of primary amides is 1. The fraction of sp³-hybridized carbons (Fsp3) is 0.333. The molecule has 7 heteroatoms. The lowest BCUT2D eigenvalue weighted by Crippen LogP contribution is -2.20. The molecule has 2 N–H and O–H groups in total. The number of carbonyl (C=O) groups excluding carboxylic acids is 1. The minimum absolute atomic E-state index is 0.388. The van der Waals surface area contributed by atoms with Gasteiger partial charge in [0.25, 0.3) is 5.91 Å². The third-order valence-corrected chi connectivity index (χ3v) is 6.13. The predicted molar refractivity (Wildman–Crippen MR) is 115 cm³/mol. The van der Waals surface area contributed by atoms with Crippen molar-refractivity contribution < 1.29 is 4.79 Å². The molecule has 146 valence electrons. The van der Waals surface area contributed by atoms with Gasteiger partial charge in [0.05, 0.1) is 21.8 Å². The molecule has 1 aliphatic heterocycles. The normalized spacial score (nSPS) is 13.5. The molecule has 0 saturated heterocycles. The van der Waals surface area contributed by atoms with E-state index in [0.29, 0.717) is 33.8 Å². The molecule has 3 aromatic rings. The third-order valence-electron chi connectivity index (χ3n) is 5.59. The maximum atomic E-state index is 12.0. The number of aromatic nitrogens is 2. The van der Waals surface area contributed by atoms with Gasteiger partial charge in [0.1, 0.15) is 5.52 Å². The number of benzene rings is 2. The zero-order chi connectivity index (χ0) is 20.0. The van der Waals surface area contributed by atoms with Crippen LogP contribution in [0.1, 0.15) is 48.5 Å². The molecule has 0 spiro atoms. The van der Waals surface area contributed by atoms with Crippen molar-refractivity contribution in [1.29, 1.82) is 0 Å². The Balaban J connectivity index is 1.92. The van der Waals surface area contributed by atoms with Crippen molar-refractivity contribution in [2.45, 2.75) is 39.2 Å². The SMILES string of the molecule is CCC(CC)c1ccc(Cl)c2nc3n(c12)CCN3c1ccc(Cl)cc1C(N)=O. The van der Waals surface area contributed by atoms with Gasteiger partial charge in [0, 0.05) is 18.1 Å². The molecule has 0 atom stereocenters. The molecule has 1 aromatic heterocycles. The van der Waals surface area contributed by atoms with Crippen molar-refractivity contribution >= 4 is 51.8 Å². The second-order valence-electron chi connectivity index (χ2n) is 7.09. The molecule has 0 fully saturated rings. The molecular formula is C21H22Cl2N4O. The molecule has 0 radical (unpaired) electrons. The first-order valence-corrected chi connectivity index (χ1v) is 10.3. The standard InChI is InChI=1S/C21H22Cl2N4O/c1-3-12(4-2)14-6-7-16(23)18-19(14)27-10-9-26(21(27)25-18)17-8-5-13(22)11-15(17)20(24)28/h5-8,11-12H,3-4,9-10H2,1-2H3,(H2,24,28). The van der Waals surface area contributed by atoms with Crippen molar-refractivity contribution in [3.63, 3.8) is 0 Å². The number of amides is 1. The van der Waals surface area contributed by atoms with Crippen molar-refractivity contribution in [2.24, 2.45) is 5.73 Å². The fourth-order valence-corrected chi connectivity index (χ4v) is 4.53. The number of rotatable bonds is 5. The van der Waals surface area contributed by atoms with Crippen LogP contribution < -0.4 is 10.6 Å². The first-order valence-electron chi connectivity index (χ1n) is 9.51. The molecule has 5 nitrogen and oxygen atoms in total. The number of imidazole rings is 1. The minimum Gasteiger partial charge on any atom is -0.366 e. The second kappa shape index (κ2) is 7.30. The number of halogens is 2. The molecule has 4 rings (SSSR count). The van der Waals surface area contributed by atoms with E-state index in [0.717, 1.165) is 36.4 Å². The number of nitrogens with two attached hydrogens (primary N) is 1. The zero-order valence-corrected chi connectivity index (χ0v) is 17.4. The quantitative estimate of drug-likeness (QED) is 0.597. The molecular weight excluding hydrogens is 395 g/mol. The Morgan fingerprint density at radius 1 is 1.18 bits per heavy atom. The smallest absolute Gasteiger partial charge is 0.250 e. The summed E-state index contributed by atoms with van der Waals surface area (Å²) in [6.45, 7) is 5.87. The second-order valence-corrected chi connectivity index (χ2v) is 7.93. The highest BCUT2D eigenvalue weighted by atomic mass is 35.5. The van der Waals surface area contributed by atoms with Crippen LogP contribution in [0.5, 0.6) is 0 Å². The predicted octanol–water partition coefficient (Wildman–Crippen LogP) is 5.50. The molecule has 0 unspecified atom stereocenters. The Kier molecular flexibility index (Phi) is 4.98. The summed E-state index contributed by atoms with van der Waals surface area (Å²) in [6.07, 6.45) is 2.11. The minimum atomic E-state index is -0.511. The van der Waals surface area contributed by atoms with E-state index in [4.69, 9.17) is 33.9 Å². The summed E-state index contributed by atoms with van der Waals surface area (Å²) in [5.41, 5.74) is 9.87. The molecule has 2 aromatic carbocycles. The zero-order valence-electron chi connectivity index (χ0n) is 15.9. The topological polar surface area (TPSA) is 64.2 Å². The fourth-order valence-electron chi connectivity index (χ4n) is 4.17. The molecule has 1 amide bonds. The Hall–Kier alpha value is -2.24. The first kappa shape index (κ1) is 19.1. The lowest BCUT2D eigenvalue weighted by molar-refractivity contribution is 0.100. The average molecular weight is 417 g/mol. The van der Waals surface area contributed by atoms with Gasteiger partial charge in [-0.1, -0.05) is 43.1 Å². The lowest BCUT2D eigenvalue weighted by atomic mass is 9.93. The average Bonchev–Trinajstić information content (AvgIpc) is 3.24. The van der Waals surface area contributed by atoms with Crippen molar-refractivity contribution in [3.8, 4) is 0 Å². The van der Waals surface area contributed by atoms with E-state index < -0.39 is 5.91 Å². The maximum absolute atomic E-state index is 12.0. The van der Waals surface area contributed by atoms with Crippen LogP contribution in [0.15, 0.2) is 30.3 Å². The highest BCUT2D eigenvalue weighted by molar-refractivity contribution is 6.35. The van der Waals surface area contributed by atoms with Gasteiger partial charge in [0.2, 0.25) is 5.95 Å². The lowest BCUT2D eigenvalue weighted by Gasteiger charge is -2.19. The van der Waals surface area contributed by atoms with Crippen LogP contribution in [-0.2, 0) is 6.54 Å². The number of hydrogen-bond donors (Lipinski definition) is 1. The van der Waals surface area contributed by atoms with Gasteiger partial charge in [-0.3, -0.25) is 4.79 Å². The number of hydrogen-bond acceptors (Lipinski definition) is 3. The van der Waals surface area contributed by atoms with Gasteiger partial charge in [0.15, 0.2) is 0 Å². The van der Waals surface area contributed by atoms with Crippen LogP contribution in [0.2, 0.25) is 10.0 Å². The Morgan fingerprint density at radius 2 is 1.93 bits per heavy atom. The van der Waals surface area contributed by atoms with E-state index in [9.17, 15) is 4.79 Å². The van der Waals surface area contributed by atoms with Crippen LogP contribution in [0.4, 0.5) is 11.6 Å². The van der Waals surface area contributed by atoms with E-state index in [2.05, 4.69) is 24.5 Å². The summed E-state index contributed by atoms with van der Waals surface area (Å²) in [5.74, 6) is 0.717. The summed E-state index contributed by atoms with van der Waals surface area (Å²) in [6, 6.07) is 9.24. The van der Waals surface area contributed by atoms with Gasteiger partial charge < -0.3 is 15.2 Å². The summed E-state index contributed by atoms with van der Waals surface area (Å²) in [4.78, 5) is 18.9. The molecule has 0 bridgehead atoms. The van der Waals surface area contributed by atoms with Crippen molar-refractivity contribution in [1.82, 2.24) is 9.55 Å². The van der Waals surface area contributed by atoms with Gasteiger partial charge in [-0.15, -0.1) is 0 Å². The van der Waals surface area contributed by atoms with Gasteiger partial charge >= 0.3 is 0 Å². The molecule has 2 heterocycles. The van der Waals surface area contributed by atoms with Crippen molar-refractivity contribution in [3.05, 3.63) is 51.5 Å². The molecule has 1 aliphatic rings.